The molecule has 0 saturated heterocycles. The van der Waals surface area contributed by atoms with Crippen LogP contribution >= 0.6 is 0 Å². The number of halogens is 1. The Labute approximate surface area is 165 Å². The van der Waals surface area contributed by atoms with Crippen molar-refractivity contribution in [2.45, 2.75) is 65.0 Å². The molecule has 0 aliphatic heterocycles. The van der Waals surface area contributed by atoms with Gasteiger partial charge in [-0.2, -0.15) is 0 Å². The van der Waals surface area contributed by atoms with Crippen LogP contribution in [0.25, 0.3) is 0 Å². The molecule has 2 atom stereocenters. The standard InChI is InChI=1S/C21H29FN2O4/c1-13(2)18(24-20(26)15-9-5-4-6-10-15)21(27)28-14(3)19(25)23-17-12-8-7-11-16(17)22/h7-8,11-15,18H,4-6,9-10H2,1-3H3,(H,23,25)(H,24,26). The van der Waals surface area contributed by atoms with Crippen molar-refractivity contribution in [1.29, 1.82) is 0 Å². The number of esters is 1. The molecule has 2 amide bonds. The quantitative estimate of drug-likeness (QED) is 0.697. The molecule has 6 nitrogen and oxygen atoms in total. The first-order valence-corrected chi connectivity index (χ1v) is 9.86. The summed E-state index contributed by atoms with van der Waals surface area (Å²) in [6, 6.07) is 4.91. The number of rotatable bonds is 7. The normalized spacial score (nSPS) is 16.9. The average molecular weight is 392 g/mol. The topological polar surface area (TPSA) is 84.5 Å². The average Bonchev–Trinajstić information content (AvgIpc) is 2.67. The second kappa shape index (κ2) is 10.2. The van der Waals surface area contributed by atoms with Crippen molar-refractivity contribution in [3.8, 4) is 0 Å². The summed E-state index contributed by atoms with van der Waals surface area (Å²) in [7, 11) is 0. The second-order valence-electron chi connectivity index (χ2n) is 7.61. The zero-order chi connectivity index (χ0) is 20.7. The van der Waals surface area contributed by atoms with Gasteiger partial charge in [0.25, 0.3) is 5.91 Å². The lowest BCUT2D eigenvalue weighted by Gasteiger charge is -2.26. The van der Waals surface area contributed by atoms with Crippen molar-refractivity contribution in [3.05, 3.63) is 30.1 Å². The maximum Gasteiger partial charge on any atom is 0.329 e. The molecule has 0 radical (unpaired) electrons. The molecule has 0 aromatic heterocycles. The van der Waals surface area contributed by atoms with E-state index in [1.165, 1.54) is 25.1 Å². The zero-order valence-electron chi connectivity index (χ0n) is 16.7. The Morgan fingerprint density at radius 1 is 1.07 bits per heavy atom. The number of carbonyl (C=O) groups is 3. The van der Waals surface area contributed by atoms with Gasteiger partial charge in [0.2, 0.25) is 5.91 Å². The van der Waals surface area contributed by atoms with Gasteiger partial charge in [0, 0.05) is 5.92 Å². The summed E-state index contributed by atoms with van der Waals surface area (Å²) < 4.78 is 18.9. The summed E-state index contributed by atoms with van der Waals surface area (Å²) >= 11 is 0. The SMILES string of the molecule is CC(OC(=O)C(NC(=O)C1CCCCC1)C(C)C)C(=O)Nc1ccccc1F. The first kappa shape index (κ1) is 21.9. The molecule has 1 aromatic rings. The molecule has 1 aromatic carbocycles. The fourth-order valence-corrected chi connectivity index (χ4v) is 3.23. The van der Waals surface area contributed by atoms with Gasteiger partial charge in [0.15, 0.2) is 6.10 Å². The van der Waals surface area contributed by atoms with Crippen LogP contribution in [-0.4, -0.2) is 29.9 Å². The van der Waals surface area contributed by atoms with E-state index in [0.29, 0.717) is 0 Å². The summed E-state index contributed by atoms with van der Waals surface area (Å²) in [6.07, 6.45) is 3.69. The highest BCUT2D eigenvalue weighted by Gasteiger charge is 2.31. The molecular formula is C21H29FN2O4. The van der Waals surface area contributed by atoms with Gasteiger partial charge in [0.05, 0.1) is 5.69 Å². The maximum atomic E-state index is 13.7. The lowest BCUT2D eigenvalue weighted by Crippen LogP contribution is -2.49. The number of carbonyl (C=O) groups excluding carboxylic acids is 3. The van der Waals surface area contributed by atoms with Crippen molar-refractivity contribution >= 4 is 23.5 Å². The molecule has 2 unspecified atom stereocenters. The van der Waals surface area contributed by atoms with Crippen LogP contribution in [-0.2, 0) is 19.1 Å². The number of hydrogen-bond acceptors (Lipinski definition) is 4. The van der Waals surface area contributed by atoms with Gasteiger partial charge >= 0.3 is 5.97 Å². The largest absolute Gasteiger partial charge is 0.451 e. The highest BCUT2D eigenvalue weighted by Crippen LogP contribution is 2.24. The van der Waals surface area contributed by atoms with Crippen molar-refractivity contribution < 1.29 is 23.5 Å². The van der Waals surface area contributed by atoms with E-state index in [-0.39, 0.29) is 23.4 Å². The first-order valence-electron chi connectivity index (χ1n) is 9.86. The van der Waals surface area contributed by atoms with Crippen LogP contribution in [0.5, 0.6) is 0 Å². The van der Waals surface area contributed by atoms with E-state index < -0.39 is 29.8 Å². The van der Waals surface area contributed by atoms with Crippen LogP contribution in [0.1, 0.15) is 52.9 Å². The van der Waals surface area contributed by atoms with E-state index in [1.54, 1.807) is 19.9 Å². The van der Waals surface area contributed by atoms with Gasteiger partial charge in [-0.15, -0.1) is 0 Å². The minimum absolute atomic E-state index is 0.0152. The van der Waals surface area contributed by atoms with Crippen molar-refractivity contribution in [3.63, 3.8) is 0 Å². The maximum absolute atomic E-state index is 13.7. The number of ether oxygens (including phenoxy) is 1. The fraction of sp³-hybridized carbons (Fsp3) is 0.571. The summed E-state index contributed by atoms with van der Waals surface area (Å²) in [5, 5.41) is 5.18. The molecule has 28 heavy (non-hydrogen) atoms. The molecule has 2 rings (SSSR count). The lowest BCUT2D eigenvalue weighted by molar-refractivity contribution is -0.157. The van der Waals surface area contributed by atoms with Crippen molar-refractivity contribution in [2.75, 3.05) is 5.32 Å². The Bertz CT molecular complexity index is 701. The van der Waals surface area contributed by atoms with Crippen LogP contribution < -0.4 is 10.6 Å². The van der Waals surface area contributed by atoms with Gasteiger partial charge < -0.3 is 15.4 Å². The number of hydrogen-bond donors (Lipinski definition) is 2. The molecule has 1 aliphatic rings. The molecule has 0 heterocycles. The summed E-state index contributed by atoms with van der Waals surface area (Å²) in [6.45, 7) is 5.02. The van der Waals surface area contributed by atoms with Crippen LogP contribution in [0.4, 0.5) is 10.1 Å². The number of nitrogens with one attached hydrogen (secondary N) is 2. The van der Waals surface area contributed by atoms with Crippen LogP contribution in [0.2, 0.25) is 0 Å². The second-order valence-corrected chi connectivity index (χ2v) is 7.61. The Balaban J connectivity index is 1.93. The molecule has 2 N–H and O–H groups in total. The van der Waals surface area contributed by atoms with E-state index in [0.717, 1.165) is 32.1 Å². The number of anilines is 1. The first-order chi connectivity index (χ1) is 13.3. The summed E-state index contributed by atoms with van der Waals surface area (Å²) in [4.78, 5) is 37.2. The van der Waals surface area contributed by atoms with Crippen LogP contribution in [0.15, 0.2) is 24.3 Å². The highest BCUT2D eigenvalue weighted by atomic mass is 19.1. The van der Waals surface area contributed by atoms with Crippen LogP contribution in [0.3, 0.4) is 0 Å². The minimum atomic E-state index is -1.13. The molecule has 0 bridgehead atoms. The molecule has 1 saturated carbocycles. The van der Waals surface area contributed by atoms with E-state index in [9.17, 15) is 18.8 Å². The third-order valence-electron chi connectivity index (χ3n) is 4.99. The Morgan fingerprint density at radius 2 is 1.71 bits per heavy atom. The third-order valence-corrected chi connectivity index (χ3v) is 4.99. The van der Waals surface area contributed by atoms with Crippen LogP contribution in [0, 0.1) is 17.7 Å². The molecule has 1 fully saturated rings. The number of amides is 2. The molecule has 1 aliphatic carbocycles. The third kappa shape index (κ3) is 6.04. The molecule has 7 heteroatoms. The number of benzene rings is 1. The van der Waals surface area contributed by atoms with Gasteiger partial charge in [0.1, 0.15) is 11.9 Å². The Morgan fingerprint density at radius 3 is 2.32 bits per heavy atom. The van der Waals surface area contributed by atoms with E-state index in [4.69, 9.17) is 4.74 Å². The smallest absolute Gasteiger partial charge is 0.329 e. The molecule has 154 valence electrons. The fourth-order valence-electron chi connectivity index (χ4n) is 3.23. The number of para-hydroxylation sites is 1. The molecular weight excluding hydrogens is 363 g/mol. The zero-order valence-corrected chi connectivity index (χ0v) is 16.7. The Hall–Kier alpha value is -2.44. The van der Waals surface area contributed by atoms with Crippen molar-refractivity contribution in [2.24, 2.45) is 11.8 Å². The van der Waals surface area contributed by atoms with Crippen molar-refractivity contribution in [1.82, 2.24) is 5.32 Å². The van der Waals surface area contributed by atoms with Gasteiger partial charge in [-0.05, 0) is 37.8 Å². The Kier molecular flexibility index (Phi) is 7.96. The van der Waals surface area contributed by atoms with Gasteiger partial charge in [-0.3, -0.25) is 9.59 Å². The summed E-state index contributed by atoms with van der Waals surface area (Å²) in [5.74, 6) is -2.30. The predicted octanol–water partition coefficient (Wildman–Crippen LogP) is 3.42. The van der Waals surface area contributed by atoms with E-state index >= 15 is 0 Å². The lowest BCUT2D eigenvalue weighted by atomic mass is 9.88. The monoisotopic (exact) mass is 392 g/mol. The summed E-state index contributed by atoms with van der Waals surface area (Å²) in [5.41, 5.74) is 0.0152. The minimum Gasteiger partial charge on any atom is -0.451 e. The van der Waals surface area contributed by atoms with Gasteiger partial charge in [-0.25, -0.2) is 9.18 Å². The molecule has 0 spiro atoms. The van der Waals surface area contributed by atoms with E-state index in [2.05, 4.69) is 10.6 Å². The van der Waals surface area contributed by atoms with E-state index in [1.807, 2.05) is 0 Å². The predicted molar refractivity (Wildman–Crippen MR) is 104 cm³/mol. The van der Waals surface area contributed by atoms with Gasteiger partial charge in [-0.1, -0.05) is 45.2 Å². The highest BCUT2D eigenvalue weighted by molar-refractivity contribution is 5.95.